The summed E-state index contributed by atoms with van der Waals surface area (Å²) in [6.45, 7) is 5.97. The Morgan fingerprint density at radius 2 is 1.58 bits per heavy atom. The summed E-state index contributed by atoms with van der Waals surface area (Å²) in [5.74, 6) is 0.123. The van der Waals surface area contributed by atoms with Crippen molar-refractivity contribution in [1.82, 2.24) is 0 Å². The van der Waals surface area contributed by atoms with Crippen molar-refractivity contribution in [2.75, 3.05) is 0 Å². The molecule has 0 radical (unpaired) electrons. The number of benzene rings is 2. The molecule has 0 unspecified atom stereocenters. The third-order valence-electron chi connectivity index (χ3n) is 3.55. The summed E-state index contributed by atoms with van der Waals surface area (Å²) < 4.78 is 0. The van der Waals surface area contributed by atoms with Gasteiger partial charge in [-0.15, -0.1) is 0 Å². The lowest BCUT2D eigenvalue weighted by atomic mass is 9.94. The number of carbonyl (C=O) groups excluding carboxylic acids is 1. The topological polar surface area (TPSA) is 17.1 Å². The number of hydrogen-bond acceptors (Lipinski definition) is 1. The predicted molar refractivity (Wildman–Crippen MR) is 80.1 cm³/mol. The van der Waals surface area contributed by atoms with E-state index in [1.807, 2.05) is 57.2 Å². The van der Waals surface area contributed by atoms with Crippen LogP contribution >= 0.6 is 11.6 Å². The van der Waals surface area contributed by atoms with E-state index in [1.165, 1.54) is 0 Å². The smallest absolute Gasteiger partial charge is 0.167 e. The summed E-state index contributed by atoms with van der Waals surface area (Å²) in [6.07, 6.45) is 0.430. The Morgan fingerprint density at radius 1 is 1.00 bits per heavy atom. The molecule has 1 nitrogen and oxygen atoms in total. The van der Waals surface area contributed by atoms with Crippen LogP contribution in [0.25, 0.3) is 0 Å². The molecular weight excluding hydrogens is 256 g/mol. The molecule has 2 aromatic carbocycles. The van der Waals surface area contributed by atoms with Gasteiger partial charge < -0.3 is 0 Å². The quantitative estimate of drug-likeness (QED) is 0.741. The van der Waals surface area contributed by atoms with Gasteiger partial charge in [-0.1, -0.05) is 41.9 Å². The highest BCUT2D eigenvalue weighted by molar-refractivity contribution is 6.31. The van der Waals surface area contributed by atoms with Gasteiger partial charge in [-0.05, 0) is 49.1 Å². The van der Waals surface area contributed by atoms with Gasteiger partial charge in [-0.3, -0.25) is 4.79 Å². The van der Waals surface area contributed by atoms with E-state index in [9.17, 15) is 4.79 Å². The lowest BCUT2D eigenvalue weighted by Crippen LogP contribution is -2.08. The molecule has 0 spiro atoms. The number of Topliss-reactive ketones (excluding diaryl/α,β-unsaturated/α-hetero) is 1. The van der Waals surface area contributed by atoms with Gasteiger partial charge in [-0.2, -0.15) is 0 Å². The third kappa shape index (κ3) is 2.87. The van der Waals surface area contributed by atoms with Gasteiger partial charge in [0.2, 0.25) is 0 Å². The number of rotatable bonds is 3. The first-order chi connectivity index (χ1) is 9.00. The normalized spacial score (nSPS) is 10.5. The molecule has 19 heavy (non-hydrogen) atoms. The second kappa shape index (κ2) is 5.58. The van der Waals surface area contributed by atoms with Crippen LogP contribution in [0, 0.1) is 20.8 Å². The fraction of sp³-hybridized carbons (Fsp3) is 0.235. The van der Waals surface area contributed by atoms with Crippen LogP contribution in [0.15, 0.2) is 36.4 Å². The van der Waals surface area contributed by atoms with E-state index in [2.05, 4.69) is 0 Å². The van der Waals surface area contributed by atoms with Gasteiger partial charge in [0.15, 0.2) is 5.78 Å². The number of aryl methyl sites for hydroxylation is 2. The summed E-state index contributed by atoms with van der Waals surface area (Å²) in [5, 5.41) is 0.646. The number of hydrogen-bond donors (Lipinski definition) is 0. The molecule has 0 aliphatic rings. The molecule has 0 aromatic heterocycles. The zero-order chi connectivity index (χ0) is 14.0. The van der Waals surface area contributed by atoms with Crippen LogP contribution in [0.4, 0.5) is 0 Å². The molecule has 2 heteroatoms. The fourth-order valence-corrected chi connectivity index (χ4v) is 2.47. The van der Waals surface area contributed by atoms with Crippen LogP contribution in [0.5, 0.6) is 0 Å². The van der Waals surface area contributed by atoms with Gasteiger partial charge >= 0.3 is 0 Å². The van der Waals surface area contributed by atoms with E-state index in [-0.39, 0.29) is 5.78 Å². The van der Waals surface area contributed by atoms with Crippen molar-refractivity contribution >= 4 is 17.4 Å². The van der Waals surface area contributed by atoms with Gasteiger partial charge in [-0.25, -0.2) is 0 Å². The molecule has 2 aromatic rings. The molecular formula is C17H17ClO. The molecule has 0 atom stereocenters. The van der Waals surface area contributed by atoms with Gasteiger partial charge in [0.1, 0.15) is 0 Å². The molecule has 2 rings (SSSR count). The highest BCUT2D eigenvalue weighted by atomic mass is 35.5. The number of halogens is 1. The summed E-state index contributed by atoms with van der Waals surface area (Å²) in [7, 11) is 0. The maximum Gasteiger partial charge on any atom is 0.167 e. The third-order valence-corrected chi connectivity index (χ3v) is 3.96. The van der Waals surface area contributed by atoms with Gasteiger partial charge in [0.05, 0.1) is 0 Å². The minimum absolute atomic E-state index is 0.123. The molecule has 0 saturated carbocycles. The van der Waals surface area contributed by atoms with E-state index in [4.69, 9.17) is 11.6 Å². The van der Waals surface area contributed by atoms with Crippen LogP contribution in [0.3, 0.4) is 0 Å². The largest absolute Gasteiger partial charge is 0.294 e. The highest BCUT2D eigenvalue weighted by Crippen LogP contribution is 2.22. The maximum atomic E-state index is 12.4. The lowest BCUT2D eigenvalue weighted by Gasteiger charge is -2.11. The predicted octanol–water partition coefficient (Wildman–Crippen LogP) is 4.69. The van der Waals surface area contributed by atoms with Crippen molar-refractivity contribution in [3.63, 3.8) is 0 Å². The average Bonchev–Trinajstić information content (AvgIpc) is 2.37. The van der Waals surface area contributed by atoms with E-state index < -0.39 is 0 Å². The minimum Gasteiger partial charge on any atom is -0.294 e. The van der Waals surface area contributed by atoms with E-state index in [0.29, 0.717) is 11.4 Å². The number of carbonyl (C=O) groups is 1. The lowest BCUT2D eigenvalue weighted by molar-refractivity contribution is 0.0992. The van der Waals surface area contributed by atoms with E-state index in [1.54, 1.807) is 0 Å². The summed E-state index contributed by atoms with van der Waals surface area (Å²) in [6, 6.07) is 11.6. The first-order valence-electron chi connectivity index (χ1n) is 6.34. The van der Waals surface area contributed by atoms with Gasteiger partial charge in [0.25, 0.3) is 0 Å². The first kappa shape index (κ1) is 13.8. The Kier molecular flexibility index (Phi) is 4.06. The van der Waals surface area contributed by atoms with Crippen molar-refractivity contribution in [2.45, 2.75) is 27.2 Å². The molecule has 0 heterocycles. The summed E-state index contributed by atoms with van der Waals surface area (Å²) in [5.41, 5.74) is 5.02. The van der Waals surface area contributed by atoms with Crippen molar-refractivity contribution in [2.24, 2.45) is 0 Å². The van der Waals surface area contributed by atoms with Crippen molar-refractivity contribution in [1.29, 1.82) is 0 Å². The molecule has 0 saturated heterocycles. The number of ketones is 1. The second-order valence-corrected chi connectivity index (χ2v) is 5.29. The molecule has 0 bridgehead atoms. The van der Waals surface area contributed by atoms with Crippen LogP contribution in [0.1, 0.15) is 32.6 Å². The Hall–Kier alpha value is -1.60. The zero-order valence-electron chi connectivity index (χ0n) is 11.5. The second-order valence-electron chi connectivity index (χ2n) is 4.88. The summed E-state index contributed by atoms with van der Waals surface area (Å²) >= 11 is 6.07. The van der Waals surface area contributed by atoms with Crippen molar-refractivity contribution < 1.29 is 4.79 Å². The Morgan fingerprint density at radius 3 is 2.21 bits per heavy atom. The van der Waals surface area contributed by atoms with E-state index in [0.717, 1.165) is 27.8 Å². The Bertz CT molecular complexity index is 609. The molecule has 0 amide bonds. The first-order valence-corrected chi connectivity index (χ1v) is 6.72. The molecule has 0 aliphatic carbocycles. The standard InChI is InChI=1S/C17H17ClO/c1-11-6-4-7-12(2)15(11)10-17(19)14-8-5-9-16(18)13(14)3/h4-9H,10H2,1-3H3. The van der Waals surface area contributed by atoms with Crippen molar-refractivity contribution in [3.05, 3.63) is 69.2 Å². The minimum atomic E-state index is 0.123. The maximum absolute atomic E-state index is 12.4. The molecule has 0 aliphatic heterocycles. The average molecular weight is 273 g/mol. The van der Waals surface area contributed by atoms with Crippen LogP contribution in [0.2, 0.25) is 5.02 Å². The van der Waals surface area contributed by atoms with Crippen LogP contribution < -0.4 is 0 Å². The highest BCUT2D eigenvalue weighted by Gasteiger charge is 2.13. The molecule has 0 fully saturated rings. The summed E-state index contributed by atoms with van der Waals surface area (Å²) in [4.78, 5) is 12.4. The van der Waals surface area contributed by atoms with Crippen molar-refractivity contribution in [3.8, 4) is 0 Å². The van der Waals surface area contributed by atoms with E-state index >= 15 is 0 Å². The zero-order valence-corrected chi connectivity index (χ0v) is 12.2. The Balaban J connectivity index is 2.34. The molecule has 0 N–H and O–H groups in total. The van der Waals surface area contributed by atoms with Crippen LogP contribution in [-0.2, 0) is 6.42 Å². The monoisotopic (exact) mass is 272 g/mol. The Labute approximate surface area is 119 Å². The fourth-order valence-electron chi connectivity index (χ4n) is 2.29. The SMILES string of the molecule is Cc1cccc(C)c1CC(=O)c1cccc(Cl)c1C. The van der Waals surface area contributed by atoms with Crippen LogP contribution in [-0.4, -0.2) is 5.78 Å². The van der Waals surface area contributed by atoms with Gasteiger partial charge in [0, 0.05) is 17.0 Å². The molecule has 98 valence electrons.